The molecule has 106 valence electrons. The quantitative estimate of drug-likeness (QED) is 0.827. The molecule has 2 aromatic rings. The van der Waals surface area contributed by atoms with Crippen LogP contribution in [0.3, 0.4) is 0 Å². The molecule has 0 amide bonds. The molecule has 0 aliphatic carbocycles. The third-order valence-electron chi connectivity index (χ3n) is 2.82. The largest absolute Gasteiger partial charge is 0.283 e. The van der Waals surface area contributed by atoms with Crippen molar-refractivity contribution in [1.29, 1.82) is 0 Å². The highest BCUT2D eigenvalue weighted by atomic mass is 35.5. The normalized spacial score (nSPS) is 11.2. The van der Waals surface area contributed by atoms with Gasteiger partial charge in [0.1, 0.15) is 0 Å². The second-order valence-corrected chi connectivity index (χ2v) is 6.59. The fourth-order valence-electron chi connectivity index (χ4n) is 1.90. The van der Waals surface area contributed by atoms with Crippen molar-refractivity contribution in [3.05, 3.63) is 54.6 Å². The monoisotopic (exact) mass is 309 g/mol. The Hall–Kier alpha value is -1.52. The van der Waals surface area contributed by atoms with Gasteiger partial charge in [0.05, 0.1) is 11.4 Å². The van der Waals surface area contributed by atoms with Crippen molar-refractivity contribution >= 4 is 27.3 Å². The maximum atomic E-state index is 12.0. The molecule has 0 fully saturated rings. The third kappa shape index (κ3) is 3.99. The maximum absolute atomic E-state index is 12.0. The van der Waals surface area contributed by atoms with Gasteiger partial charge in [-0.2, -0.15) is 0 Å². The SMILES string of the molecule is O=S(=O)(CCCCl)Nc1ccccc1-c1ccccc1. The molecular formula is C15H16ClNO2S. The molecule has 0 aromatic heterocycles. The molecule has 0 unspecified atom stereocenters. The molecule has 5 heteroatoms. The summed E-state index contributed by atoms with van der Waals surface area (Å²) in [6.45, 7) is 0. The number of alkyl halides is 1. The predicted molar refractivity (Wildman–Crippen MR) is 84.6 cm³/mol. The van der Waals surface area contributed by atoms with Gasteiger partial charge in [0.25, 0.3) is 0 Å². The van der Waals surface area contributed by atoms with Crippen LogP contribution in [0.4, 0.5) is 5.69 Å². The van der Waals surface area contributed by atoms with Gasteiger partial charge in [0, 0.05) is 11.4 Å². The summed E-state index contributed by atoms with van der Waals surface area (Å²) in [6, 6.07) is 17.0. The van der Waals surface area contributed by atoms with Crippen molar-refractivity contribution in [2.45, 2.75) is 6.42 Å². The Morgan fingerprint density at radius 2 is 1.60 bits per heavy atom. The number of para-hydroxylation sites is 1. The fourth-order valence-corrected chi connectivity index (χ4v) is 3.34. The molecular weight excluding hydrogens is 294 g/mol. The summed E-state index contributed by atoms with van der Waals surface area (Å²) >= 11 is 5.55. The Balaban J connectivity index is 2.30. The Bertz CT molecular complexity index is 657. The van der Waals surface area contributed by atoms with Crippen LogP contribution >= 0.6 is 11.6 Å². The molecule has 0 bridgehead atoms. The van der Waals surface area contributed by atoms with Crippen molar-refractivity contribution in [1.82, 2.24) is 0 Å². The predicted octanol–water partition coefficient (Wildman–Crippen LogP) is 3.72. The van der Waals surface area contributed by atoms with E-state index < -0.39 is 10.0 Å². The first-order valence-electron chi connectivity index (χ1n) is 6.33. The number of hydrogen-bond donors (Lipinski definition) is 1. The molecule has 0 aliphatic heterocycles. The average Bonchev–Trinajstić information content (AvgIpc) is 2.46. The van der Waals surface area contributed by atoms with Crippen LogP contribution in [-0.2, 0) is 10.0 Å². The van der Waals surface area contributed by atoms with Crippen molar-refractivity contribution < 1.29 is 8.42 Å². The zero-order valence-electron chi connectivity index (χ0n) is 10.9. The molecule has 0 atom stereocenters. The van der Waals surface area contributed by atoms with Crippen molar-refractivity contribution in [3.63, 3.8) is 0 Å². The fraction of sp³-hybridized carbons (Fsp3) is 0.200. The lowest BCUT2D eigenvalue weighted by molar-refractivity contribution is 0.600. The van der Waals surface area contributed by atoms with Crippen molar-refractivity contribution in [2.75, 3.05) is 16.4 Å². The lowest BCUT2D eigenvalue weighted by atomic mass is 10.0. The van der Waals surface area contributed by atoms with E-state index in [1.54, 1.807) is 6.07 Å². The summed E-state index contributed by atoms with van der Waals surface area (Å²) in [5.74, 6) is 0.362. The van der Waals surface area contributed by atoms with Gasteiger partial charge >= 0.3 is 0 Å². The van der Waals surface area contributed by atoms with E-state index in [-0.39, 0.29) is 5.75 Å². The van der Waals surface area contributed by atoms with Gasteiger partial charge in [-0.05, 0) is 18.1 Å². The minimum Gasteiger partial charge on any atom is -0.283 e. The summed E-state index contributed by atoms with van der Waals surface area (Å²) in [7, 11) is -3.36. The highest BCUT2D eigenvalue weighted by molar-refractivity contribution is 7.92. The maximum Gasteiger partial charge on any atom is 0.232 e. The van der Waals surface area contributed by atoms with E-state index in [0.29, 0.717) is 18.0 Å². The van der Waals surface area contributed by atoms with Gasteiger partial charge in [-0.1, -0.05) is 48.5 Å². The number of hydrogen-bond acceptors (Lipinski definition) is 2. The van der Waals surface area contributed by atoms with E-state index in [4.69, 9.17) is 11.6 Å². The number of benzene rings is 2. The molecule has 0 saturated heterocycles. The lowest BCUT2D eigenvalue weighted by Gasteiger charge is -2.12. The molecule has 1 N–H and O–H groups in total. The number of sulfonamides is 1. The first-order chi connectivity index (χ1) is 9.62. The standard InChI is InChI=1S/C15H16ClNO2S/c16-11-6-12-20(18,19)17-15-10-5-4-9-14(15)13-7-2-1-3-8-13/h1-5,7-10,17H,6,11-12H2. The number of anilines is 1. The smallest absolute Gasteiger partial charge is 0.232 e. The van der Waals surface area contributed by atoms with Crippen molar-refractivity contribution in [3.8, 4) is 11.1 Å². The van der Waals surface area contributed by atoms with Gasteiger partial charge in [-0.3, -0.25) is 4.72 Å². The minimum absolute atomic E-state index is 0.0274. The molecule has 2 rings (SSSR count). The molecule has 0 spiro atoms. The topological polar surface area (TPSA) is 46.2 Å². The molecule has 0 aliphatic rings. The highest BCUT2D eigenvalue weighted by Crippen LogP contribution is 2.28. The number of rotatable bonds is 6. The third-order valence-corrected chi connectivity index (χ3v) is 4.45. The van der Waals surface area contributed by atoms with Crippen LogP contribution < -0.4 is 4.72 Å². The van der Waals surface area contributed by atoms with Crippen LogP contribution in [0.2, 0.25) is 0 Å². The van der Waals surface area contributed by atoms with E-state index in [0.717, 1.165) is 11.1 Å². The molecule has 0 saturated carbocycles. The first kappa shape index (κ1) is 14.9. The summed E-state index contributed by atoms with van der Waals surface area (Å²) in [5.41, 5.74) is 2.43. The second-order valence-electron chi connectivity index (χ2n) is 4.38. The van der Waals surface area contributed by atoms with Crippen LogP contribution in [0.5, 0.6) is 0 Å². The Morgan fingerprint density at radius 1 is 0.950 bits per heavy atom. The van der Waals surface area contributed by atoms with E-state index in [1.165, 1.54) is 0 Å². The van der Waals surface area contributed by atoms with Crippen LogP contribution in [0, 0.1) is 0 Å². The highest BCUT2D eigenvalue weighted by Gasteiger charge is 2.12. The zero-order valence-corrected chi connectivity index (χ0v) is 12.5. The van der Waals surface area contributed by atoms with Crippen LogP contribution in [-0.4, -0.2) is 20.1 Å². The van der Waals surface area contributed by atoms with Gasteiger partial charge in [0.15, 0.2) is 0 Å². The summed E-state index contributed by atoms with van der Waals surface area (Å²) in [4.78, 5) is 0. The molecule has 0 heterocycles. The second kappa shape index (κ2) is 6.77. The number of halogens is 1. The summed E-state index contributed by atoms with van der Waals surface area (Å²) < 4.78 is 26.6. The zero-order chi connectivity index (χ0) is 14.4. The molecule has 3 nitrogen and oxygen atoms in total. The first-order valence-corrected chi connectivity index (χ1v) is 8.52. The van der Waals surface area contributed by atoms with Gasteiger partial charge in [-0.25, -0.2) is 8.42 Å². The van der Waals surface area contributed by atoms with Crippen LogP contribution in [0.15, 0.2) is 54.6 Å². The van der Waals surface area contributed by atoms with Gasteiger partial charge < -0.3 is 0 Å². The van der Waals surface area contributed by atoms with Gasteiger partial charge in [-0.15, -0.1) is 11.6 Å². The lowest BCUT2D eigenvalue weighted by Crippen LogP contribution is -2.17. The minimum atomic E-state index is -3.36. The van der Waals surface area contributed by atoms with Gasteiger partial charge in [0.2, 0.25) is 10.0 Å². The van der Waals surface area contributed by atoms with E-state index in [9.17, 15) is 8.42 Å². The number of nitrogens with one attached hydrogen (secondary N) is 1. The Labute approximate surface area is 124 Å². The van der Waals surface area contributed by atoms with Crippen LogP contribution in [0.1, 0.15) is 6.42 Å². The van der Waals surface area contributed by atoms with E-state index in [2.05, 4.69) is 4.72 Å². The molecule has 0 radical (unpaired) electrons. The van der Waals surface area contributed by atoms with Crippen LogP contribution in [0.25, 0.3) is 11.1 Å². The van der Waals surface area contributed by atoms with Crippen molar-refractivity contribution in [2.24, 2.45) is 0 Å². The summed E-state index contributed by atoms with van der Waals surface area (Å²) in [5, 5.41) is 0. The average molecular weight is 310 g/mol. The van der Waals surface area contributed by atoms with E-state index in [1.807, 2.05) is 48.5 Å². The Morgan fingerprint density at radius 3 is 2.30 bits per heavy atom. The summed E-state index contributed by atoms with van der Waals surface area (Å²) in [6.07, 6.45) is 0.435. The molecule has 2 aromatic carbocycles. The molecule has 20 heavy (non-hydrogen) atoms. The van der Waals surface area contributed by atoms with E-state index >= 15 is 0 Å². The Kier molecular flexibility index (Phi) is 5.04.